The molecule has 1 aromatic heterocycles. The summed E-state index contributed by atoms with van der Waals surface area (Å²) in [5.41, 5.74) is -1.12. The summed E-state index contributed by atoms with van der Waals surface area (Å²) in [6, 6.07) is 8.76. The maximum absolute atomic E-state index is 12.5. The van der Waals surface area contributed by atoms with Gasteiger partial charge in [-0.05, 0) is 25.0 Å². The molecule has 3 rings (SSSR count). The monoisotopic (exact) mass is 329 g/mol. The number of rotatable bonds is 4. The second kappa shape index (κ2) is 6.47. The van der Waals surface area contributed by atoms with E-state index in [0.717, 1.165) is 24.6 Å². The number of para-hydroxylation sites is 1. The Morgan fingerprint density at radius 1 is 1.17 bits per heavy atom. The highest BCUT2D eigenvalue weighted by Crippen LogP contribution is 2.36. The fourth-order valence-electron chi connectivity index (χ4n) is 3.27. The summed E-state index contributed by atoms with van der Waals surface area (Å²) in [6.45, 7) is -0.0406. The van der Waals surface area contributed by atoms with E-state index in [-0.39, 0.29) is 6.54 Å². The lowest BCUT2D eigenvalue weighted by Crippen LogP contribution is -2.47. The Balaban J connectivity index is 1.79. The quantitative estimate of drug-likeness (QED) is 0.663. The number of hydrogen-bond donors (Lipinski definition) is 2. The molecule has 1 aromatic carbocycles. The third-order valence-corrected chi connectivity index (χ3v) is 4.70. The van der Waals surface area contributed by atoms with Crippen LogP contribution in [0, 0.1) is 5.41 Å². The maximum atomic E-state index is 12.5. The van der Waals surface area contributed by atoms with Gasteiger partial charge in [0.25, 0.3) is 0 Å². The smallest absolute Gasteiger partial charge is 0.341 e. The SMILES string of the molecule is O=C(O)C1(C(=O)NCc2cc3ccccc3oc2=O)CCCCC1. The van der Waals surface area contributed by atoms with Gasteiger partial charge >= 0.3 is 11.6 Å². The Morgan fingerprint density at radius 3 is 2.58 bits per heavy atom. The number of carbonyl (C=O) groups excluding carboxylic acids is 1. The van der Waals surface area contributed by atoms with E-state index >= 15 is 0 Å². The van der Waals surface area contributed by atoms with Gasteiger partial charge in [-0.2, -0.15) is 0 Å². The molecule has 1 amide bonds. The van der Waals surface area contributed by atoms with Gasteiger partial charge in [-0.3, -0.25) is 9.59 Å². The van der Waals surface area contributed by atoms with E-state index in [1.54, 1.807) is 18.2 Å². The van der Waals surface area contributed by atoms with Crippen molar-refractivity contribution in [3.8, 4) is 0 Å². The molecule has 0 unspecified atom stereocenters. The first-order valence-electron chi connectivity index (χ1n) is 8.06. The number of carboxylic acid groups (broad SMARTS) is 1. The number of benzene rings is 1. The van der Waals surface area contributed by atoms with Crippen molar-refractivity contribution < 1.29 is 19.1 Å². The van der Waals surface area contributed by atoms with Crippen molar-refractivity contribution in [1.82, 2.24) is 5.32 Å². The van der Waals surface area contributed by atoms with Crippen LogP contribution in [0.15, 0.2) is 39.5 Å². The number of fused-ring (bicyclic) bond motifs is 1. The zero-order valence-corrected chi connectivity index (χ0v) is 13.2. The second-order valence-corrected chi connectivity index (χ2v) is 6.23. The molecule has 0 aliphatic heterocycles. The van der Waals surface area contributed by atoms with Gasteiger partial charge in [-0.1, -0.05) is 37.5 Å². The molecule has 0 atom stereocenters. The molecule has 6 heteroatoms. The third-order valence-electron chi connectivity index (χ3n) is 4.70. The van der Waals surface area contributed by atoms with Crippen LogP contribution in [0.4, 0.5) is 0 Å². The van der Waals surface area contributed by atoms with Crippen LogP contribution in [0.5, 0.6) is 0 Å². The molecule has 1 saturated carbocycles. The molecule has 6 nitrogen and oxygen atoms in total. The molecule has 0 radical (unpaired) electrons. The number of aliphatic carboxylic acids is 1. The van der Waals surface area contributed by atoms with Crippen molar-refractivity contribution in [2.45, 2.75) is 38.6 Å². The first-order valence-corrected chi connectivity index (χ1v) is 8.06. The standard InChI is InChI=1S/C18H19NO5/c20-15-13(10-12-6-2-3-7-14(12)24-15)11-19-16(21)18(17(22)23)8-4-1-5-9-18/h2-3,6-7,10H,1,4-5,8-9,11H2,(H,19,21)(H,22,23). The van der Waals surface area contributed by atoms with Gasteiger partial charge in [-0.15, -0.1) is 0 Å². The van der Waals surface area contributed by atoms with Crippen molar-refractivity contribution in [2.24, 2.45) is 5.41 Å². The van der Waals surface area contributed by atoms with Crippen molar-refractivity contribution in [1.29, 1.82) is 0 Å². The molecule has 1 aliphatic carbocycles. The van der Waals surface area contributed by atoms with Crippen LogP contribution < -0.4 is 10.9 Å². The Kier molecular flexibility index (Phi) is 4.38. The maximum Gasteiger partial charge on any atom is 0.341 e. The van der Waals surface area contributed by atoms with Gasteiger partial charge in [0.1, 0.15) is 11.0 Å². The molecular formula is C18H19NO5. The summed E-state index contributed by atoms with van der Waals surface area (Å²) < 4.78 is 5.22. The Morgan fingerprint density at radius 2 is 1.88 bits per heavy atom. The Labute approximate surface area is 138 Å². The van der Waals surface area contributed by atoms with Crippen LogP contribution in [-0.2, 0) is 16.1 Å². The summed E-state index contributed by atoms with van der Waals surface area (Å²) in [7, 11) is 0. The average Bonchev–Trinajstić information content (AvgIpc) is 2.60. The zero-order valence-electron chi connectivity index (χ0n) is 13.2. The molecule has 126 valence electrons. The van der Waals surface area contributed by atoms with Crippen LogP contribution in [0.3, 0.4) is 0 Å². The molecule has 2 aromatic rings. The largest absolute Gasteiger partial charge is 0.480 e. The van der Waals surface area contributed by atoms with Crippen LogP contribution >= 0.6 is 0 Å². The highest BCUT2D eigenvalue weighted by Gasteiger charge is 2.46. The lowest BCUT2D eigenvalue weighted by atomic mass is 9.73. The number of carboxylic acids is 1. The molecule has 0 spiro atoms. The average molecular weight is 329 g/mol. The van der Waals surface area contributed by atoms with E-state index in [1.165, 1.54) is 0 Å². The summed E-state index contributed by atoms with van der Waals surface area (Å²) in [5, 5.41) is 12.9. The summed E-state index contributed by atoms with van der Waals surface area (Å²) >= 11 is 0. The third kappa shape index (κ3) is 2.91. The van der Waals surface area contributed by atoms with Crippen LogP contribution in [0.2, 0.25) is 0 Å². The van der Waals surface area contributed by atoms with Gasteiger partial charge in [0.15, 0.2) is 0 Å². The number of amides is 1. The minimum absolute atomic E-state index is 0.0406. The fraction of sp³-hybridized carbons (Fsp3) is 0.389. The second-order valence-electron chi connectivity index (χ2n) is 6.23. The molecule has 1 aliphatic rings. The topological polar surface area (TPSA) is 96.6 Å². The van der Waals surface area contributed by atoms with Gasteiger partial charge in [-0.25, -0.2) is 4.79 Å². The lowest BCUT2D eigenvalue weighted by molar-refractivity contribution is -0.158. The van der Waals surface area contributed by atoms with Crippen LogP contribution in [0.25, 0.3) is 11.0 Å². The van der Waals surface area contributed by atoms with Gasteiger partial charge in [0.05, 0.1) is 5.56 Å². The fourth-order valence-corrected chi connectivity index (χ4v) is 3.27. The molecule has 1 heterocycles. The molecule has 24 heavy (non-hydrogen) atoms. The zero-order chi connectivity index (χ0) is 17.2. The minimum Gasteiger partial charge on any atom is -0.480 e. The molecular weight excluding hydrogens is 310 g/mol. The number of nitrogens with one attached hydrogen (secondary N) is 1. The molecule has 0 bridgehead atoms. The predicted octanol–water partition coefficient (Wildman–Crippen LogP) is 2.44. The Bertz CT molecular complexity index is 833. The van der Waals surface area contributed by atoms with Gasteiger partial charge < -0.3 is 14.8 Å². The predicted molar refractivity (Wildman–Crippen MR) is 87.5 cm³/mol. The van der Waals surface area contributed by atoms with E-state index < -0.39 is 22.9 Å². The Hall–Kier alpha value is -2.63. The highest BCUT2D eigenvalue weighted by molar-refractivity contribution is 6.02. The van der Waals surface area contributed by atoms with Crippen LogP contribution in [-0.4, -0.2) is 17.0 Å². The molecule has 0 saturated heterocycles. The normalized spacial score (nSPS) is 16.7. The lowest BCUT2D eigenvalue weighted by Gasteiger charge is -2.31. The highest BCUT2D eigenvalue weighted by atomic mass is 16.4. The number of hydrogen-bond acceptors (Lipinski definition) is 4. The first-order chi connectivity index (χ1) is 11.5. The van der Waals surface area contributed by atoms with Crippen molar-refractivity contribution in [3.05, 3.63) is 46.3 Å². The molecule has 1 fully saturated rings. The van der Waals surface area contributed by atoms with Crippen LogP contribution in [0.1, 0.15) is 37.7 Å². The van der Waals surface area contributed by atoms with E-state index in [1.807, 2.05) is 12.1 Å². The van der Waals surface area contributed by atoms with Crippen molar-refractivity contribution in [2.75, 3.05) is 0 Å². The van der Waals surface area contributed by atoms with Gasteiger partial charge in [0.2, 0.25) is 5.91 Å². The van der Waals surface area contributed by atoms with E-state index in [4.69, 9.17) is 4.42 Å². The minimum atomic E-state index is -1.38. The molecule has 2 N–H and O–H groups in total. The first kappa shape index (κ1) is 16.2. The van der Waals surface area contributed by atoms with E-state index in [0.29, 0.717) is 24.0 Å². The van der Waals surface area contributed by atoms with E-state index in [2.05, 4.69) is 5.32 Å². The number of carbonyl (C=O) groups is 2. The van der Waals surface area contributed by atoms with Crippen molar-refractivity contribution in [3.63, 3.8) is 0 Å². The van der Waals surface area contributed by atoms with Crippen molar-refractivity contribution >= 4 is 22.8 Å². The van der Waals surface area contributed by atoms with Gasteiger partial charge in [0, 0.05) is 11.9 Å². The van der Waals surface area contributed by atoms with E-state index in [9.17, 15) is 19.5 Å². The summed E-state index contributed by atoms with van der Waals surface area (Å²) in [4.78, 5) is 36.1. The summed E-state index contributed by atoms with van der Waals surface area (Å²) in [5.74, 6) is -1.62. The summed E-state index contributed by atoms with van der Waals surface area (Å²) in [6.07, 6.45) is 3.05.